The van der Waals surface area contributed by atoms with Crippen LogP contribution in [0.5, 0.6) is 5.75 Å². The van der Waals surface area contributed by atoms with Crippen LogP contribution in [0.15, 0.2) is 54.9 Å². The number of carbonyl (C=O) groups is 1. The van der Waals surface area contributed by atoms with Crippen LogP contribution in [0.1, 0.15) is 24.8 Å². The lowest BCUT2D eigenvalue weighted by Crippen LogP contribution is -2.47. The number of carbonyl (C=O) groups excluding carboxylic acids is 1. The van der Waals surface area contributed by atoms with E-state index >= 15 is 0 Å². The molecule has 0 bridgehead atoms. The van der Waals surface area contributed by atoms with E-state index in [1.54, 1.807) is 41.6 Å². The summed E-state index contributed by atoms with van der Waals surface area (Å²) in [4.78, 5) is 18.9. The van der Waals surface area contributed by atoms with Crippen LogP contribution in [0, 0.1) is 0 Å². The Morgan fingerprint density at radius 2 is 1.86 bits per heavy atom. The highest BCUT2D eigenvalue weighted by Gasteiger charge is 2.45. The first kappa shape index (κ1) is 19.8. The summed E-state index contributed by atoms with van der Waals surface area (Å²) in [6, 6.07) is 11.9. The standard InChI is InChI=1S/C21H25N3O4S/c25-21(23-11-4-5-12-23)20-13-19(28-18-9-6-10-22-14-18)15-24(20)29(26,27)16-17-7-2-1-3-8-17/h1-3,6-10,14,19-20H,4-5,11-13,15-16H2/t19-,20-/m0/s1. The van der Waals surface area contributed by atoms with E-state index in [9.17, 15) is 13.2 Å². The smallest absolute Gasteiger partial charge is 0.241 e. The number of rotatable bonds is 6. The van der Waals surface area contributed by atoms with Gasteiger partial charge in [-0.05, 0) is 30.5 Å². The first-order chi connectivity index (χ1) is 14.0. The minimum Gasteiger partial charge on any atom is -0.487 e. The number of sulfonamides is 1. The molecule has 0 radical (unpaired) electrons. The second kappa shape index (κ2) is 8.51. The van der Waals surface area contributed by atoms with E-state index in [4.69, 9.17) is 4.74 Å². The Hall–Kier alpha value is -2.45. The molecule has 1 amide bonds. The van der Waals surface area contributed by atoms with E-state index in [2.05, 4.69) is 4.98 Å². The number of ether oxygens (including phenoxy) is 1. The van der Waals surface area contributed by atoms with Crippen LogP contribution < -0.4 is 4.74 Å². The van der Waals surface area contributed by atoms with Crippen LogP contribution in [0.25, 0.3) is 0 Å². The van der Waals surface area contributed by atoms with E-state index in [-0.39, 0.29) is 24.3 Å². The first-order valence-electron chi connectivity index (χ1n) is 9.92. The van der Waals surface area contributed by atoms with Crippen molar-refractivity contribution < 1.29 is 17.9 Å². The third-order valence-corrected chi connectivity index (χ3v) is 7.22. The molecular formula is C21H25N3O4S. The van der Waals surface area contributed by atoms with Gasteiger partial charge in [-0.15, -0.1) is 0 Å². The van der Waals surface area contributed by atoms with Gasteiger partial charge in [0.2, 0.25) is 15.9 Å². The molecule has 2 saturated heterocycles. The topological polar surface area (TPSA) is 79.8 Å². The van der Waals surface area contributed by atoms with Crippen LogP contribution in [0.3, 0.4) is 0 Å². The fraction of sp³-hybridized carbons (Fsp3) is 0.429. The minimum atomic E-state index is -3.67. The molecular weight excluding hydrogens is 390 g/mol. The maximum atomic E-state index is 13.2. The van der Waals surface area contributed by atoms with Crippen LogP contribution in [-0.4, -0.2) is 60.3 Å². The average molecular weight is 416 g/mol. The molecule has 2 aliphatic rings. The summed E-state index contributed by atoms with van der Waals surface area (Å²) in [5.74, 6) is 0.334. The van der Waals surface area contributed by atoms with E-state index in [1.165, 1.54) is 4.31 Å². The van der Waals surface area contributed by atoms with Crippen LogP contribution in [-0.2, 0) is 20.6 Å². The Morgan fingerprint density at radius 3 is 2.55 bits per heavy atom. The Morgan fingerprint density at radius 1 is 1.10 bits per heavy atom. The van der Waals surface area contributed by atoms with Gasteiger partial charge in [-0.2, -0.15) is 4.31 Å². The third-order valence-electron chi connectivity index (χ3n) is 5.41. The van der Waals surface area contributed by atoms with Gasteiger partial charge in [0.1, 0.15) is 17.9 Å². The van der Waals surface area contributed by atoms with E-state index < -0.39 is 16.1 Å². The lowest BCUT2D eigenvalue weighted by Gasteiger charge is -2.26. The second-order valence-electron chi connectivity index (χ2n) is 7.52. The number of nitrogens with zero attached hydrogens (tertiary/aromatic N) is 3. The Labute approximate surface area is 171 Å². The molecule has 2 atom stereocenters. The molecule has 8 heteroatoms. The summed E-state index contributed by atoms with van der Waals surface area (Å²) in [6.45, 7) is 1.54. The SMILES string of the molecule is O=C([C@@H]1C[C@H](Oc2cccnc2)CN1S(=O)(=O)Cc1ccccc1)N1CCCC1. The van der Waals surface area contributed by atoms with E-state index in [0.717, 1.165) is 12.8 Å². The minimum absolute atomic E-state index is 0.114. The summed E-state index contributed by atoms with van der Waals surface area (Å²) in [5, 5.41) is 0. The summed E-state index contributed by atoms with van der Waals surface area (Å²) >= 11 is 0. The largest absolute Gasteiger partial charge is 0.487 e. The van der Waals surface area contributed by atoms with Gasteiger partial charge < -0.3 is 9.64 Å². The van der Waals surface area contributed by atoms with Gasteiger partial charge in [-0.1, -0.05) is 30.3 Å². The zero-order chi connectivity index (χ0) is 20.3. The lowest BCUT2D eigenvalue weighted by molar-refractivity contribution is -0.133. The van der Waals surface area contributed by atoms with Gasteiger partial charge in [-0.25, -0.2) is 8.42 Å². The fourth-order valence-corrected chi connectivity index (χ4v) is 5.75. The number of pyridine rings is 1. The predicted molar refractivity (Wildman–Crippen MR) is 109 cm³/mol. The molecule has 2 aromatic rings. The molecule has 1 aromatic carbocycles. The highest BCUT2D eigenvalue weighted by atomic mass is 32.2. The number of hydrogen-bond acceptors (Lipinski definition) is 5. The van der Waals surface area contributed by atoms with Gasteiger partial charge >= 0.3 is 0 Å². The van der Waals surface area contributed by atoms with Gasteiger partial charge in [0, 0.05) is 25.7 Å². The molecule has 29 heavy (non-hydrogen) atoms. The van der Waals surface area contributed by atoms with Gasteiger partial charge in [-0.3, -0.25) is 9.78 Å². The van der Waals surface area contributed by atoms with Gasteiger partial charge in [0.15, 0.2) is 0 Å². The number of benzene rings is 1. The highest BCUT2D eigenvalue weighted by molar-refractivity contribution is 7.88. The lowest BCUT2D eigenvalue weighted by atomic mass is 10.2. The molecule has 0 unspecified atom stereocenters. The summed E-state index contributed by atoms with van der Waals surface area (Å²) < 4.78 is 33.7. The molecule has 0 N–H and O–H groups in total. The number of amides is 1. The molecule has 154 valence electrons. The normalized spacial score (nSPS) is 22.7. The van der Waals surface area contributed by atoms with Gasteiger partial charge in [0.05, 0.1) is 18.5 Å². The molecule has 1 aromatic heterocycles. The summed E-state index contributed by atoms with van der Waals surface area (Å²) in [6.07, 6.45) is 5.13. The van der Waals surface area contributed by atoms with Crippen molar-refractivity contribution in [2.45, 2.75) is 37.2 Å². The van der Waals surface area contributed by atoms with E-state index in [0.29, 0.717) is 30.8 Å². The van der Waals surface area contributed by atoms with Crippen molar-refractivity contribution >= 4 is 15.9 Å². The molecule has 0 aliphatic carbocycles. The highest BCUT2D eigenvalue weighted by Crippen LogP contribution is 2.29. The van der Waals surface area contributed by atoms with Crippen molar-refractivity contribution in [3.05, 3.63) is 60.4 Å². The number of hydrogen-bond donors (Lipinski definition) is 0. The molecule has 7 nitrogen and oxygen atoms in total. The maximum Gasteiger partial charge on any atom is 0.241 e. The maximum absolute atomic E-state index is 13.2. The Balaban J connectivity index is 1.56. The van der Waals surface area contributed by atoms with Crippen LogP contribution >= 0.6 is 0 Å². The first-order valence-corrected chi connectivity index (χ1v) is 11.5. The molecule has 4 rings (SSSR count). The van der Waals surface area contributed by atoms with Crippen molar-refractivity contribution in [2.24, 2.45) is 0 Å². The number of likely N-dealkylation sites (tertiary alicyclic amines) is 1. The third kappa shape index (κ3) is 4.59. The van der Waals surface area contributed by atoms with Crippen LogP contribution in [0.4, 0.5) is 0 Å². The van der Waals surface area contributed by atoms with Crippen molar-refractivity contribution in [2.75, 3.05) is 19.6 Å². The van der Waals surface area contributed by atoms with Gasteiger partial charge in [0.25, 0.3) is 0 Å². The summed E-state index contributed by atoms with van der Waals surface area (Å²) in [7, 11) is -3.67. The quantitative estimate of drug-likeness (QED) is 0.722. The molecule has 3 heterocycles. The Bertz CT molecular complexity index is 931. The second-order valence-corrected chi connectivity index (χ2v) is 9.45. The average Bonchev–Trinajstić information content (AvgIpc) is 3.39. The van der Waals surface area contributed by atoms with Crippen molar-refractivity contribution in [3.8, 4) is 5.75 Å². The van der Waals surface area contributed by atoms with E-state index in [1.807, 2.05) is 18.2 Å². The molecule has 0 saturated carbocycles. The van der Waals surface area contributed by atoms with Crippen molar-refractivity contribution in [1.82, 2.24) is 14.2 Å². The molecule has 0 spiro atoms. The fourth-order valence-electron chi connectivity index (χ4n) is 4.01. The monoisotopic (exact) mass is 415 g/mol. The Kier molecular flexibility index (Phi) is 5.82. The van der Waals surface area contributed by atoms with Crippen molar-refractivity contribution in [3.63, 3.8) is 0 Å². The predicted octanol–water partition coefficient (Wildman–Crippen LogP) is 2.06. The number of aromatic nitrogens is 1. The zero-order valence-electron chi connectivity index (χ0n) is 16.2. The van der Waals surface area contributed by atoms with Crippen molar-refractivity contribution in [1.29, 1.82) is 0 Å². The van der Waals surface area contributed by atoms with Crippen LogP contribution in [0.2, 0.25) is 0 Å². The molecule has 2 fully saturated rings. The zero-order valence-corrected chi connectivity index (χ0v) is 17.0. The molecule has 2 aliphatic heterocycles. The summed E-state index contributed by atoms with van der Waals surface area (Å²) in [5.41, 5.74) is 0.705.